The van der Waals surface area contributed by atoms with Crippen molar-refractivity contribution < 1.29 is 28.6 Å². The molecule has 0 saturated heterocycles. The third kappa shape index (κ3) is 37.9. The summed E-state index contributed by atoms with van der Waals surface area (Å²) in [5.41, 5.74) is 0. The molecule has 0 aliphatic rings. The summed E-state index contributed by atoms with van der Waals surface area (Å²) in [5.74, 6) is 1.01. The second-order valence-electron chi connectivity index (χ2n) is 16.1. The van der Waals surface area contributed by atoms with Gasteiger partial charge in [0.15, 0.2) is 0 Å². The van der Waals surface area contributed by atoms with Crippen LogP contribution < -0.4 is 0 Å². The number of rotatable bonds is 38. The SMILES string of the molecule is CCCCCC/C=C\COC(=O)CCCCCCCC(CCCCCCCC(=O)OC/C=C\CCCCCC)CC(=O)OCC(C)CC(C)CN(C)C. The van der Waals surface area contributed by atoms with Gasteiger partial charge in [0.2, 0.25) is 0 Å². The van der Waals surface area contributed by atoms with Crippen LogP contribution in [0.3, 0.4) is 0 Å². The third-order valence-corrected chi connectivity index (χ3v) is 9.92. The molecule has 0 saturated carbocycles. The predicted molar refractivity (Wildman–Crippen MR) is 223 cm³/mol. The van der Waals surface area contributed by atoms with Crippen LogP contribution in [0.2, 0.25) is 0 Å². The molecule has 0 aliphatic carbocycles. The van der Waals surface area contributed by atoms with E-state index in [9.17, 15) is 14.4 Å². The van der Waals surface area contributed by atoms with Crippen LogP contribution in [0.25, 0.3) is 0 Å². The molecule has 7 nitrogen and oxygen atoms in total. The van der Waals surface area contributed by atoms with Crippen LogP contribution in [0.15, 0.2) is 24.3 Å². The summed E-state index contributed by atoms with van der Waals surface area (Å²) < 4.78 is 16.5. The van der Waals surface area contributed by atoms with E-state index in [1.807, 2.05) is 12.2 Å². The van der Waals surface area contributed by atoms with Crippen molar-refractivity contribution in [3.63, 3.8) is 0 Å². The zero-order valence-corrected chi connectivity index (χ0v) is 35.7. The lowest BCUT2D eigenvalue weighted by atomic mass is 9.91. The molecule has 0 radical (unpaired) electrons. The number of esters is 3. The van der Waals surface area contributed by atoms with Crippen LogP contribution in [0.5, 0.6) is 0 Å². The van der Waals surface area contributed by atoms with E-state index in [0.717, 1.165) is 103 Å². The smallest absolute Gasteiger partial charge is 0.306 e. The number of nitrogens with zero attached hydrogens (tertiary/aromatic N) is 1. The lowest BCUT2D eigenvalue weighted by Gasteiger charge is -2.21. The molecule has 0 amide bonds. The minimum atomic E-state index is -0.100. The largest absolute Gasteiger partial charge is 0.465 e. The molecular weight excluding hydrogens is 663 g/mol. The molecule has 0 bridgehead atoms. The first kappa shape index (κ1) is 50.9. The fourth-order valence-corrected chi connectivity index (χ4v) is 6.97. The summed E-state index contributed by atoms with van der Waals surface area (Å²) in [6, 6.07) is 0. The molecule has 2 unspecified atom stereocenters. The van der Waals surface area contributed by atoms with E-state index >= 15 is 0 Å². The maximum atomic E-state index is 12.9. The fraction of sp³-hybridized carbons (Fsp3) is 0.848. The predicted octanol–water partition coefficient (Wildman–Crippen LogP) is 12.4. The number of carbonyl (C=O) groups is 3. The first-order valence-electron chi connectivity index (χ1n) is 22.1. The molecule has 0 fully saturated rings. The minimum Gasteiger partial charge on any atom is -0.465 e. The molecule has 0 aromatic rings. The van der Waals surface area contributed by atoms with Crippen LogP contribution in [-0.2, 0) is 28.6 Å². The fourth-order valence-electron chi connectivity index (χ4n) is 6.97. The minimum absolute atomic E-state index is 0.0585. The topological polar surface area (TPSA) is 82.1 Å². The number of unbranched alkanes of at least 4 members (excludes halogenated alkanes) is 16. The Labute approximate surface area is 327 Å². The Morgan fingerprint density at radius 2 is 0.981 bits per heavy atom. The second kappa shape index (κ2) is 38.1. The van der Waals surface area contributed by atoms with Crippen molar-refractivity contribution in [2.45, 2.75) is 195 Å². The van der Waals surface area contributed by atoms with Crippen LogP contribution in [0, 0.1) is 17.8 Å². The normalized spacial score (nSPS) is 13.0. The maximum absolute atomic E-state index is 12.9. The second-order valence-corrected chi connectivity index (χ2v) is 16.1. The molecule has 0 N–H and O–H groups in total. The van der Waals surface area contributed by atoms with Gasteiger partial charge in [0, 0.05) is 25.8 Å². The molecule has 2 atom stereocenters. The highest BCUT2D eigenvalue weighted by atomic mass is 16.5. The summed E-state index contributed by atoms with van der Waals surface area (Å²) in [4.78, 5) is 39.2. The number of ether oxygens (including phenoxy) is 3. The van der Waals surface area contributed by atoms with E-state index in [1.165, 1.54) is 51.4 Å². The van der Waals surface area contributed by atoms with Gasteiger partial charge in [-0.3, -0.25) is 14.4 Å². The van der Waals surface area contributed by atoms with Gasteiger partial charge in [0.25, 0.3) is 0 Å². The van der Waals surface area contributed by atoms with Crippen molar-refractivity contribution in [3.05, 3.63) is 24.3 Å². The highest BCUT2D eigenvalue weighted by molar-refractivity contribution is 5.70. The summed E-state index contributed by atoms with van der Waals surface area (Å²) in [5, 5.41) is 0. The number of carbonyl (C=O) groups excluding carboxylic acids is 3. The maximum Gasteiger partial charge on any atom is 0.306 e. The summed E-state index contributed by atoms with van der Waals surface area (Å²) >= 11 is 0. The van der Waals surface area contributed by atoms with E-state index in [1.54, 1.807) is 0 Å². The van der Waals surface area contributed by atoms with E-state index < -0.39 is 0 Å². The van der Waals surface area contributed by atoms with Gasteiger partial charge in [-0.15, -0.1) is 0 Å². The average molecular weight is 748 g/mol. The first-order valence-corrected chi connectivity index (χ1v) is 22.1. The highest BCUT2D eigenvalue weighted by Crippen LogP contribution is 2.23. The van der Waals surface area contributed by atoms with Gasteiger partial charge in [0.1, 0.15) is 13.2 Å². The van der Waals surface area contributed by atoms with Crippen LogP contribution in [-0.4, -0.2) is 63.3 Å². The molecule has 53 heavy (non-hydrogen) atoms. The van der Waals surface area contributed by atoms with E-state index in [0.29, 0.717) is 56.8 Å². The Hall–Kier alpha value is -2.15. The van der Waals surface area contributed by atoms with Crippen molar-refractivity contribution in [2.24, 2.45) is 17.8 Å². The lowest BCUT2D eigenvalue weighted by Crippen LogP contribution is -2.23. The lowest BCUT2D eigenvalue weighted by molar-refractivity contribution is -0.146. The monoisotopic (exact) mass is 748 g/mol. The van der Waals surface area contributed by atoms with Crippen molar-refractivity contribution in [1.82, 2.24) is 4.90 Å². The number of allylic oxidation sites excluding steroid dienone is 2. The molecule has 0 spiro atoms. The Morgan fingerprint density at radius 1 is 0.528 bits per heavy atom. The average Bonchev–Trinajstić information content (AvgIpc) is 3.11. The molecule has 0 rings (SSSR count). The number of hydrogen-bond acceptors (Lipinski definition) is 7. The Kier molecular flexibility index (Phi) is 36.6. The number of hydrogen-bond donors (Lipinski definition) is 0. The Bertz CT molecular complexity index is 864. The summed E-state index contributed by atoms with van der Waals surface area (Å²) in [6.07, 6.45) is 35.4. The first-order chi connectivity index (χ1) is 25.7. The van der Waals surface area contributed by atoms with Gasteiger partial charge in [-0.25, -0.2) is 0 Å². The van der Waals surface area contributed by atoms with Crippen LogP contribution in [0.1, 0.15) is 195 Å². The van der Waals surface area contributed by atoms with E-state index in [-0.39, 0.29) is 17.9 Å². The summed E-state index contributed by atoms with van der Waals surface area (Å²) in [6.45, 7) is 11.2. The Balaban J connectivity index is 4.39. The quantitative estimate of drug-likeness (QED) is 0.0269. The van der Waals surface area contributed by atoms with Crippen molar-refractivity contribution in [1.29, 1.82) is 0 Å². The van der Waals surface area contributed by atoms with Crippen molar-refractivity contribution in [3.8, 4) is 0 Å². The molecule has 0 aliphatic heterocycles. The van der Waals surface area contributed by atoms with Gasteiger partial charge in [0.05, 0.1) is 6.61 Å². The van der Waals surface area contributed by atoms with Crippen LogP contribution in [0.4, 0.5) is 0 Å². The molecule has 0 heterocycles. The molecular formula is C46H85NO6. The van der Waals surface area contributed by atoms with Gasteiger partial charge in [-0.2, -0.15) is 0 Å². The van der Waals surface area contributed by atoms with Gasteiger partial charge in [-0.1, -0.05) is 142 Å². The van der Waals surface area contributed by atoms with E-state index in [2.05, 4.69) is 58.8 Å². The third-order valence-electron chi connectivity index (χ3n) is 9.92. The van der Waals surface area contributed by atoms with Gasteiger partial charge >= 0.3 is 17.9 Å². The van der Waals surface area contributed by atoms with Crippen molar-refractivity contribution in [2.75, 3.05) is 40.5 Å². The van der Waals surface area contributed by atoms with Crippen LogP contribution >= 0.6 is 0 Å². The van der Waals surface area contributed by atoms with Gasteiger partial charge < -0.3 is 19.1 Å². The van der Waals surface area contributed by atoms with Gasteiger partial charge in [-0.05, 0) is 89.6 Å². The molecule has 7 heteroatoms. The molecule has 0 aromatic carbocycles. The summed E-state index contributed by atoms with van der Waals surface area (Å²) in [7, 11) is 4.20. The zero-order chi connectivity index (χ0) is 39.2. The molecule has 0 aromatic heterocycles. The van der Waals surface area contributed by atoms with Crippen molar-refractivity contribution >= 4 is 17.9 Å². The zero-order valence-electron chi connectivity index (χ0n) is 35.7. The molecule has 310 valence electrons. The van der Waals surface area contributed by atoms with E-state index in [4.69, 9.17) is 14.2 Å². The standard InChI is InChI=1S/C46H85NO6/c1-7-9-11-13-15-23-29-35-51-44(48)33-27-21-17-19-25-31-43(38-46(50)53-40-42(4)37-41(3)39-47(5)6)32-26-20-18-22-28-34-45(49)52-36-30-24-16-14-12-10-8-2/h23-24,29-30,41-43H,7-22,25-28,31-40H2,1-6H3/b29-23-,30-24-. The Morgan fingerprint density at radius 3 is 1.45 bits per heavy atom. The highest BCUT2D eigenvalue weighted by Gasteiger charge is 2.17.